The highest BCUT2D eigenvalue weighted by Crippen LogP contribution is 2.11. The highest BCUT2D eigenvalue weighted by Gasteiger charge is 2.23. The van der Waals surface area contributed by atoms with Crippen molar-refractivity contribution in [1.82, 2.24) is 10.5 Å². The van der Waals surface area contributed by atoms with Gasteiger partial charge in [0, 0.05) is 17.7 Å². The number of carbonyl (C=O) groups excluding carboxylic acids is 1. The van der Waals surface area contributed by atoms with E-state index in [9.17, 15) is 4.79 Å². The Balaban J connectivity index is 2.68. The molecule has 1 heterocycles. The molecule has 5 nitrogen and oxygen atoms in total. The standard InChI is InChI=1S/C10H16N2O3/c1-7-6-11-15-8(7)9(14)12-10(2,3)4-5-13/h6,13H,4-5H2,1-3H3,(H,12,14). The number of aromatic nitrogens is 1. The number of hydrogen-bond donors (Lipinski definition) is 2. The van der Waals surface area contributed by atoms with Gasteiger partial charge in [0.2, 0.25) is 5.76 Å². The van der Waals surface area contributed by atoms with Gasteiger partial charge in [-0.15, -0.1) is 0 Å². The summed E-state index contributed by atoms with van der Waals surface area (Å²) in [6.07, 6.45) is 1.99. The van der Waals surface area contributed by atoms with Crippen LogP contribution < -0.4 is 5.32 Å². The van der Waals surface area contributed by atoms with Gasteiger partial charge in [-0.1, -0.05) is 5.16 Å². The third kappa shape index (κ3) is 3.06. The number of aliphatic hydroxyl groups excluding tert-OH is 1. The molecule has 5 heteroatoms. The second-order valence-corrected chi connectivity index (χ2v) is 4.15. The van der Waals surface area contributed by atoms with Crippen molar-refractivity contribution < 1.29 is 14.4 Å². The lowest BCUT2D eigenvalue weighted by Crippen LogP contribution is -2.44. The average Bonchev–Trinajstić information content (AvgIpc) is 2.50. The van der Waals surface area contributed by atoms with Crippen LogP contribution in [0.15, 0.2) is 10.7 Å². The first-order chi connectivity index (χ1) is 6.96. The number of hydrogen-bond acceptors (Lipinski definition) is 4. The van der Waals surface area contributed by atoms with Gasteiger partial charge in [-0.3, -0.25) is 4.79 Å². The summed E-state index contributed by atoms with van der Waals surface area (Å²) in [6.45, 7) is 5.47. The lowest BCUT2D eigenvalue weighted by Gasteiger charge is -2.24. The Labute approximate surface area is 88.5 Å². The third-order valence-electron chi connectivity index (χ3n) is 2.14. The van der Waals surface area contributed by atoms with Crippen molar-refractivity contribution in [2.75, 3.05) is 6.61 Å². The highest BCUT2D eigenvalue weighted by molar-refractivity contribution is 5.93. The Kier molecular flexibility index (Phi) is 3.47. The SMILES string of the molecule is Cc1cnoc1C(=O)NC(C)(C)CCO. The van der Waals surface area contributed by atoms with Crippen LogP contribution in [0, 0.1) is 6.92 Å². The van der Waals surface area contributed by atoms with Gasteiger partial charge in [-0.25, -0.2) is 0 Å². The molecule has 0 aliphatic rings. The van der Waals surface area contributed by atoms with Gasteiger partial charge in [0.1, 0.15) is 0 Å². The van der Waals surface area contributed by atoms with Gasteiger partial charge in [0.15, 0.2) is 0 Å². The van der Waals surface area contributed by atoms with E-state index in [-0.39, 0.29) is 18.3 Å². The van der Waals surface area contributed by atoms with Crippen molar-refractivity contribution in [3.8, 4) is 0 Å². The number of nitrogens with one attached hydrogen (secondary N) is 1. The fraction of sp³-hybridized carbons (Fsp3) is 0.600. The summed E-state index contributed by atoms with van der Waals surface area (Å²) < 4.78 is 4.83. The van der Waals surface area contributed by atoms with Crippen LogP contribution in [0.5, 0.6) is 0 Å². The summed E-state index contributed by atoms with van der Waals surface area (Å²) in [6, 6.07) is 0. The predicted molar refractivity (Wildman–Crippen MR) is 54.5 cm³/mol. The fourth-order valence-electron chi connectivity index (χ4n) is 1.22. The summed E-state index contributed by atoms with van der Waals surface area (Å²) >= 11 is 0. The molecular formula is C10H16N2O3. The van der Waals surface area contributed by atoms with Crippen LogP contribution in [-0.2, 0) is 0 Å². The van der Waals surface area contributed by atoms with Crippen LogP contribution >= 0.6 is 0 Å². The first kappa shape index (κ1) is 11.7. The molecule has 0 atom stereocenters. The molecule has 15 heavy (non-hydrogen) atoms. The lowest BCUT2D eigenvalue weighted by molar-refractivity contribution is 0.0861. The molecule has 2 N–H and O–H groups in total. The van der Waals surface area contributed by atoms with Crippen LogP contribution in [-0.4, -0.2) is 28.3 Å². The van der Waals surface area contributed by atoms with Crippen LogP contribution in [0.2, 0.25) is 0 Å². The van der Waals surface area contributed by atoms with E-state index in [0.717, 1.165) is 0 Å². The second kappa shape index (κ2) is 4.44. The predicted octanol–water partition coefficient (Wildman–Crippen LogP) is 0.874. The van der Waals surface area contributed by atoms with Gasteiger partial charge in [-0.05, 0) is 27.2 Å². The third-order valence-corrected chi connectivity index (χ3v) is 2.14. The molecule has 0 unspecified atom stereocenters. The Morgan fingerprint density at radius 1 is 1.67 bits per heavy atom. The zero-order valence-electron chi connectivity index (χ0n) is 9.20. The Morgan fingerprint density at radius 2 is 2.33 bits per heavy atom. The van der Waals surface area contributed by atoms with Crippen LogP contribution in [0.25, 0.3) is 0 Å². The second-order valence-electron chi connectivity index (χ2n) is 4.15. The molecule has 1 rings (SSSR count). The zero-order chi connectivity index (χ0) is 11.5. The van der Waals surface area contributed by atoms with E-state index in [4.69, 9.17) is 9.63 Å². The summed E-state index contributed by atoms with van der Waals surface area (Å²) in [5.41, 5.74) is 0.248. The molecule has 0 aromatic carbocycles. The number of aliphatic hydroxyl groups is 1. The zero-order valence-corrected chi connectivity index (χ0v) is 9.20. The van der Waals surface area contributed by atoms with Crippen LogP contribution in [0.3, 0.4) is 0 Å². The summed E-state index contributed by atoms with van der Waals surface area (Å²) in [7, 11) is 0. The van der Waals surface area contributed by atoms with Gasteiger partial charge >= 0.3 is 0 Å². The lowest BCUT2D eigenvalue weighted by atomic mass is 10.0. The molecule has 1 aromatic heterocycles. The van der Waals surface area contributed by atoms with Crippen molar-refractivity contribution in [3.63, 3.8) is 0 Å². The first-order valence-electron chi connectivity index (χ1n) is 4.81. The quantitative estimate of drug-likeness (QED) is 0.776. The molecular weight excluding hydrogens is 196 g/mol. The highest BCUT2D eigenvalue weighted by atomic mass is 16.5. The molecule has 1 aromatic rings. The Bertz CT molecular complexity index is 344. The number of amides is 1. The number of carbonyl (C=O) groups is 1. The van der Waals surface area contributed by atoms with Gasteiger partial charge < -0.3 is 14.9 Å². The summed E-state index contributed by atoms with van der Waals surface area (Å²) in [4.78, 5) is 11.7. The molecule has 1 amide bonds. The van der Waals surface area contributed by atoms with Crippen LogP contribution in [0.1, 0.15) is 36.4 Å². The van der Waals surface area contributed by atoms with Gasteiger partial charge in [0.25, 0.3) is 5.91 Å². The van der Waals surface area contributed by atoms with E-state index >= 15 is 0 Å². The molecule has 0 saturated carbocycles. The average molecular weight is 212 g/mol. The van der Waals surface area contributed by atoms with E-state index in [2.05, 4.69) is 10.5 Å². The van der Waals surface area contributed by atoms with E-state index < -0.39 is 5.54 Å². The molecule has 0 saturated heterocycles. The van der Waals surface area contributed by atoms with E-state index in [1.54, 1.807) is 6.92 Å². The van der Waals surface area contributed by atoms with Crippen molar-refractivity contribution in [3.05, 3.63) is 17.5 Å². The van der Waals surface area contributed by atoms with Crippen molar-refractivity contribution in [2.45, 2.75) is 32.7 Å². The monoisotopic (exact) mass is 212 g/mol. The number of nitrogens with zero attached hydrogens (tertiary/aromatic N) is 1. The topological polar surface area (TPSA) is 75.4 Å². The molecule has 0 spiro atoms. The molecule has 0 fully saturated rings. The molecule has 0 radical (unpaired) electrons. The van der Waals surface area contributed by atoms with E-state index in [1.807, 2.05) is 13.8 Å². The number of rotatable bonds is 4. The molecule has 0 aliphatic heterocycles. The Hall–Kier alpha value is -1.36. The normalized spacial score (nSPS) is 11.5. The maximum absolute atomic E-state index is 11.7. The minimum Gasteiger partial charge on any atom is -0.396 e. The van der Waals surface area contributed by atoms with Crippen molar-refractivity contribution >= 4 is 5.91 Å². The van der Waals surface area contributed by atoms with E-state index in [1.165, 1.54) is 6.20 Å². The smallest absolute Gasteiger partial charge is 0.290 e. The largest absolute Gasteiger partial charge is 0.396 e. The van der Waals surface area contributed by atoms with Crippen LogP contribution in [0.4, 0.5) is 0 Å². The number of aryl methyl sites for hydroxylation is 1. The van der Waals surface area contributed by atoms with Gasteiger partial charge in [0.05, 0.1) is 6.20 Å². The summed E-state index contributed by atoms with van der Waals surface area (Å²) in [5, 5.41) is 15.1. The van der Waals surface area contributed by atoms with Crippen molar-refractivity contribution in [2.24, 2.45) is 0 Å². The maximum Gasteiger partial charge on any atom is 0.290 e. The van der Waals surface area contributed by atoms with Crippen molar-refractivity contribution in [1.29, 1.82) is 0 Å². The Morgan fingerprint density at radius 3 is 2.80 bits per heavy atom. The van der Waals surface area contributed by atoms with E-state index in [0.29, 0.717) is 12.0 Å². The first-order valence-corrected chi connectivity index (χ1v) is 4.81. The fourth-order valence-corrected chi connectivity index (χ4v) is 1.22. The molecule has 84 valence electrons. The molecule has 0 bridgehead atoms. The van der Waals surface area contributed by atoms with Gasteiger partial charge in [-0.2, -0.15) is 0 Å². The maximum atomic E-state index is 11.7. The minimum absolute atomic E-state index is 0.0304. The minimum atomic E-state index is -0.453. The summed E-state index contributed by atoms with van der Waals surface area (Å²) in [5.74, 6) is -0.0792. The molecule has 0 aliphatic carbocycles.